The van der Waals surface area contributed by atoms with Crippen molar-refractivity contribution in [1.29, 1.82) is 0 Å². The van der Waals surface area contributed by atoms with Gasteiger partial charge in [-0.15, -0.1) is 0 Å². The number of benzene rings is 1. The van der Waals surface area contributed by atoms with Gasteiger partial charge >= 0.3 is 5.97 Å². The molecule has 2 N–H and O–H groups in total. The molecule has 104 valence electrons. The van der Waals surface area contributed by atoms with Crippen LogP contribution in [0.5, 0.6) is 0 Å². The number of carbonyl (C=O) groups is 1. The third kappa shape index (κ3) is 4.58. The van der Waals surface area contributed by atoms with E-state index in [1.54, 1.807) is 0 Å². The molecule has 0 spiro atoms. The highest BCUT2D eigenvalue weighted by atomic mass is 16.5. The number of aryl methyl sites for hydroxylation is 1. The van der Waals surface area contributed by atoms with Crippen LogP contribution in [0.1, 0.15) is 50.5 Å². The maximum atomic E-state index is 11.8. The van der Waals surface area contributed by atoms with Gasteiger partial charge in [-0.2, -0.15) is 0 Å². The summed E-state index contributed by atoms with van der Waals surface area (Å²) in [7, 11) is 0. The Bertz CT molecular complexity index is 409. The van der Waals surface area contributed by atoms with Crippen molar-refractivity contribution in [3.8, 4) is 0 Å². The zero-order valence-electron chi connectivity index (χ0n) is 11.4. The third-order valence-corrected chi connectivity index (χ3v) is 3.75. The lowest BCUT2D eigenvalue weighted by atomic mass is 10.1. The number of ether oxygens (including phenoxy) is 1. The van der Waals surface area contributed by atoms with E-state index in [4.69, 9.17) is 10.5 Å². The molecule has 0 saturated heterocycles. The van der Waals surface area contributed by atoms with Gasteiger partial charge in [0.2, 0.25) is 0 Å². The average Bonchev–Trinajstić information content (AvgIpc) is 2.66. The normalized spacial score (nSPS) is 16.8. The van der Waals surface area contributed by atoms with Gasteiger partial charge in [-0.25, -0.2) is 0 Å². The first-order valence-electron chi connectivity index (χ1n) is 7.28. The van der Waals surface area contributed by atoms with Crippen LogP contribution in [0.4, 0.5) is 5.69 Å². The Morgan fingerprint density at radius 1 is 1.16 bits per heavy atom. The Hall–Kier alpha value is -1.51. The summed E-state index contributed by atoms with van der Waals surface area (Å²) in [6.45, 7) is 0. The van der Waals surface area contributed by atoms with Crippen molar-refractivity contribution < 1.29 is 9.53 Å². The maximum Gasteiger partial charge on any atom is 0.306 e. The molecule has 0 amide bonds. The van der Waals surface area contributed by atoms with Crippen molar-refractivity contribution in [2.45, 2.75) is 57.5 Å². The molecule has 1 fully saturated rings. The summed E-state index contributed by atoms with van der Waals surface area (Å²) in [6.07, 6.45) is 8.20. The highest BCUT2D eigenvalue weighted by Gasteiger charge is 2.16. The van der Waals surface area contributed by atoms with E-state index in [1.165, 1.54) is 25.7 Å². The Kier molecular flexibility index (Phi) is 5.25. The number of hydrogen-bond donors (Lipinski definition) is 1. The minimum absolute atomic E-state index is 0.0878. The van der Waals surface area contributed by atoms with E-state index < -0.39 is 0 Å². The van der Waals surface area contributed by atoms with Gasteiger partial charge in [-0.3, -0.25) is 4.79 Å². The molecule has 1 aliphatic rings. The van der Waals surface area contributed by atoms with Gasteiger partial charge in [-0.05, 0) is 43.7 Å². The van der Waals surface area contributed by atoms with Crippen LogP contribution in [0.15, 0.2) is 24.3 Å². The summed E-state index contributed by atoms with van der Waals surface area (Å²) in [5.74, 6) is -0.0878. The molecule has 1 aromatic carbocycles. The quantitative estimate of drug-likeness (QED) is 0.513. The van der Waals surface area contributed by atoms with E-state index in [2.05, 4.69) is 0 Å². The summed E-state index contributed by atoms with van der Waals surface area (Å²) >= 11 is 0. The zero-order valence-corrected chi connectivity index (χ0v) is 11.4. The average molecular weight is 261 g/mol. The largest absolute Gasteiger partial charge is 0.462 e. The predicted molar refractivity (Wildman–Crippen MR) is 76.8 cm³/mol. The molecule has 3 nitrogen and oxygen atoms in total. The van der Waals surface area contributed by atoms with Crippen molar-refractivity contribution in [2.24, 2.45) is 0 Å². The van der Waals surface area contributed by atoms with E-state index in [0.717, 1.165) is 24.1 Å². The maximum absolute atomic E-state index is 11.8. The van der Waals surface area contributed by atoms with Gasteiger partial charge < -0.3 is 10.5 Å². The fourth-order valence-corrected chi connectivity index (χ4v) is 2.60. The van der Waals surface area contributed by atoms with E-state index in [9.17, 15) is 4.79 Å². The van der Waals surface area contributed by atoms with Gasteiger partial charge in [0.15, 0.2) is 0 Å². The minimum Gasteiger partial charge on any atom is -0.462 e. The van der Waals surface area contributed by atoms with Gasteiger partial charge in [0.25, 0.3) is 0 Å². The molecule has 1 saturated carbocycles. The Morgan fingerprint density at radius 2 is 1.84 bits per heavy atom. The van der Waals surface area contributed by atoms with Crippen LogP contribution in [0.25, 0.3) is 0 Å². The van der Waals surface area contributed by atoms with Crippen molar-refractivity contribution in [1.82, 2.24) is 0 Å². The van der Waals surface area contributed by atoms with Crippen LogP contribution in [0, 0.1) is 0 Å². The zero-order chi connectivity index (χ0) is 13.5. The number of nitrogen functional groups attached to an aromatic ring is 1. The highest BCUT2D eigenvalue weighted by Crippen LogP contribution is 2.20. The third-order valence-electron chi connectivity index (χ3n) is 3.75. The van der Waals surface area contributed by atoms with Crippen molar-refractivity contribution >= 4 is 11.7 Å². The van der Waals surface area contributed by atoms with Gasteiger partial charge in [0.1, 0.15) is 6.10 Å². The lowest BCUT2D eigenvalue weighted by Gasteiger charge is -2.15. The summed E-state index contributed by atoms with van der Waals surface area (Å²) in [5.41, 5.74) is 7.64. The summed E-state index contributed by atoms with van der Waals surface area (Å²) in [6, 6.07) is 7.69. The molecule has 0 radical (unpaired) electrons. The van der Waals surface area contributed by atoms with E-state index >= 15 is 0 Å². The first-order valence-corrected chi connectivity index (χ1v) is 7.28. The van der Waals surface area contributed by atoms with Crippen LogP contribution < -0.4 is 5.73 Å². The second-order valence-corrected chi connectivity index (χ2v) is 5.30. The SMILES string of the molecule is Nc1ccccc1CCC(=O)OC1CCCCCC1. The monoisotopic (exact) mass is 261 g/mol. The van der Waals surface area contributed by atoms with Crippen molar-refractivity contribution in [3.05, 3.63) is 29.8 Å². The van der Waals surface area contributed by atoms with Crippen LogP contribution in [-0.2, 0) is 16.0 Å². The van der Waals surface area contributed by atoms with Gasteiger partial charge in [-0.1, -0.05) is 31.0 Å². The molecule has 2 rings (SSSR count). The Balaban J connectivity index is 1.76. The standard InChI is InChI=1S/C16H23NO2/c17-15-10-6-5-7-13(15)11-12-16(18)19-14-8-3-1-2-4-9-14/h5-7,10,14H,1-4,8-9,11-12,17H2. The van der Waals surface area contributed by atoms with Crippen LogP contribution in [0.2, 0.25) is 0 Å². The minimum atomic E-state index is -0.0878. The van der Waals surface area contributed by atoms with Crippen molar-refractivity contribution in [2.75, 3.05) is 5.73 Å². The number of carbonyl (C=O) groups excluding carboxylic acids is 1. The first-order chi connectivity index (χ1) is 9.25. The van der Waals surface area contributed by atoms with E-state index in [0.29, 0.717) is 12.8 Å². The molecule has 0 aromatic heterocycles. The lowest BCUT2D eigenvalue weighted by molar-refractivity contribution is -0.149. The topological polar surface area (TPSA) is 52.3 Å². The predicted octanol–water partition coefficient (Wildman–Crippen LogP) is 3.47. The fourth-order valence-electron chi connectivity index (χ4n) is 2.60. The number of para-hydroxylation sites is 1. The number of anilines is 1. The lowest BCUT2D eigenvalue weighted by Crippen LogP contribution is -2.17. The van der Waals surface area contributed by atoms with Crippen LogP contribution in [-0.4, -0.2) is 12.1 Å². The molecule has 0 aliphatic heterocycles. The molecular formula is C16H23NO2. The van der Waals surface area contributed by atoms with Crippen molar-refractivity contribution in [3.63, 3.8) is 0 Å². The first kappa shape index (κ1) is 13.9. The van der Waals surface area contributed by atoms with Gasteiger partial charge in [0.05, 0.1) is 0 Å². The fraction of sp³-hybridized carbons (Fsp3) is 0.562. The van der Waals surface area contributed by atoms with Crippen LogP contribution >= 0.6 is 0 Å². The smallest absolute Gasteiger partial charge is 0.306 e. The molecule has 0 heterocycles. The molecule has 1 aromatic rings. The Morgan fingerprint density at radius 3 is 2.53 bits per heavy atom. The molecule has 3 heteroatoms. The molecule has 19 heavy (non-hydrogen) atoms. The molecular weight excluding hydrogens is 238 g/mol. The van der Waals surface area contributed by atoms with E-state index in [1.807, 2.05) is 24.3 Å². The number of rotatable bonds is 4. The molecule has 0 atom stereocenters. The van der Waals surface area contributed by atoms with E-state index in [-0.39, 0.29) is 12.1 Å². The summed E-state index contributed by atoms with van der Waals surface area (Å²) in [5, 5.41) is 0. The summed E-state index contributed by atoms with van der Waals surface area (Å²) < 4.78 is 5.55. The highest BCUT2D eigenvalue weighted by molar-refractivity contribution is 5.70. The summed E-state index contributed by atoms with van der Waals surface area (Å²) in [4.78, 5) is 11.8. The Labute approximate surface area is 115 Å². The second kappa shape index (κ2) is 7.17. The number of esters is 1. The van der Waals surface area contributed by atoms with Gasteiger partial charge in [0, 0.05) is 12.1 Å². The molecule has 1 aliphatic carbocycles. The number of hydrogen-bond acceptors (Lipinski definition) is 3. The molecule has 0 bridgehead atoms. The number of nitrogens with two attached hydrogens (primary N) is 1. The molecule has 0 unspecified atom stereocenters. The van der Waals surface area contributed by atoms with Crippen LogP contribution in [0.3, 0.4) is 0 Å². The second-order valence-electron chi connectivity index (χ2n) is 5.30.